The normalized spacial score (nSPS) is 10.2. The van der Waals surface area contributed by atoms with Crippen LogP contribution in [-0.2, 0) is 9.53 Å². The number of hydrogen-bond donors (Lipinski definition) is 1. The lowest BCUT2D eigenvalue weighted by molar-refractivity contribution is -0.140. The third kappa shape index (κ3) is 5.94. The second-order valence-corrected chi connectivity index (χ2v) is 5.09. The Hall–Kier alpha value is -1.91. The summed E-state index contributed by atoms with van der Waals surface area (Å²) in [4.78, 5) is 13.2. The fourth-order valence-electron chi connectivity index (χ4n) is 2.14. The molecule has 118 valence electrons. The Labute approximate surface area is 127 Å². The van der Waals surface area contributed by atoms with Crippen molar-refractivity contribution in [1.29, 1.82) is 0 Å². The first-order valence-electron chi connectivity index (χ1n) is 7.30. The Kier molecular flexibility index (Phi) is 7.43. The predicted octanol–water partition coefficient (Wildman–Crippen LogP) is 2.84. The molecule has 0 spiro atoms. The van der Waals surface area contributed by atoms with Crippen molar-refractivity contribution in [2.45, 2.75) is 32.1 Å². The van der Waals surface area contributed by atoms with Gasteiger partial charge in [-0.3, -0.25) is 4.79 Å². The molecular formula is C16H26N2O3. The number of benzene rings is 1. The smallest absolute Gasteiger partial charge is 0.305 e. The summed E-state index contributed by atoms with van der Waals surface area (Å²) in [7, 11) is 5.11. The van der Waals surface area contributed by atoms with Gasteiger partial charge in [0.05, 0.1) is 19.9 Å². The molecule has 1 aromatic carbocycles. The molecule has 0 aliphatic heterocycles. The minimum atomic E-state index is -0.124. The molecule has 2 N–H and O–H groups in total. The van der Waals surface area contributed by atoms with Crippen LogP contribution < -0.4 is 15.4 Å². The lowest BCUT2D eigenvalue weighted by Gasteiger charge is -2.20. The molecule has 0 bridgehead atoms. The van der Waals surface area contributed by atoms with Crippen LogP contribution in [0.15, 0.2) is 18.2 Å². The summed E-state index contributed by atoms with van der Waals surface area (Å²) in [5, 5.41) is 0. The number of rotatable bonds is 9. The average molecular weight is 294 g/mol. The van der Waals surface area contributed by atoms with Gasteiger partial charge in [0.25, 0.3) is 0 Å². The van der Waals surface area contributed by atoms with E-state index < -0.39 is 0 Å². The molecule has 0 saturated heterocycles. The van der Waals surface area contributed by atoms with Crippen molar-refractivity contribution < 1.29 is 14.3 Å². The van der Waals surface area contributed by atoms with Crippen LogP contribution in [0.5, 0.6) is 5.75 Å². The number of nitrogen functional groups attached to an aromatic ring is 1. The van der Waals surface area contributed by atoms with Gasteiger partial charge in [0.2, 0.25) is 0 Å². The van der Waals surface area contributed by atoms with Gasteiger partial charge in [0, 0.05) is 31.8 Å². The molecule has 0 atom stereocenters. The second kappa shape index (κ2) is 9.10. The molecule has 0 aliphatic carbocycles. The van der Waals surface area contributed by atoms with Gasteiger partial charge in [-0.2, -0.15) is 0 Å². The standard InChI is InChI=1S/C16H26N2O3/c1-18(11-7-5-4-6-8-16(19)21-3)13-9-10-14(17)15(12-13)20-2/h9-10,12H,4-8,11,17H2,1-3H3. The van der Waals surface area contributed by atoms with Crippen molar-refractivity contribution in [2.75, 3.05) is 38.4 Å². The van der Waals surface area contributed by atoms with Crippen LogP contribution in [0.25, 0.3) is 0 Å². The average Bonchev–Trinajstić information content (AvgIpc) is 2.50. The quantitative estimate of drug-likeness (QED) is 0.431. The van der Waals surface area contributed by atoms with Crippen molar-refractivity contribution in [3.05, 3.63) is 18.2 Å². The van der Waals surface area contributed by atoms with E-state index in [0.29, 0.717) is 17.9 Å². The zero-order valence-electron chi connectivity index (χ0n) is 13.2. The van der Waals surface area contributed by atoms with Gasteiger partial charge in [-0.25, -0.2) is 0 Å². The second-order valence-electron chi connectivity index (χ2n) is 5.09. The van der Waals surface area contributed by atoms with Crippen LogP contribution >= 0.6 is 0 Å². The number of nitrogens with zero attached hydrogens (tertiary/aromatic N) is 1. The number of unbranched alkanes of at least 4 members (excludes halogenated alkanes) is 3. The summed E-state index contributed by atoms with van der Waals surface area (Å²) in [6.45, 7) is 0.964. The van der Waals surface area contributed by atoms with Crippen molar-refractivity contribution in [3.63, 3.8) is 0 Å². The Morgan fingerprint density at radius 2 is 1.90 bits per heavy atom. The van der Waals surface area contributed by atoms with E-state index in [0.717, 1.165) is 37.9 Å². The lowest BCUT2D eigenvalue weighted by Crippen LogP contribution is -2.18. The number of esters is 1. The highest BCUT2D eigenvalue weighted by Gasteiger charge is 2.05. The molecule has 0 heterocycles. The van der Waals surface area contributed by atoms with E-state index in [1.807, 2.05) is 18.2 Å². The molecule has 0 aromatic heterocycles. The maximum Gasteiger partial charge on any atom is 0.305 e. The monoisotopic (exact) mass is 294 g/mol. The highest BCUT2D eigenvalue weighted by molar-refractivity contribution is 5.69. The molecule has 21 heavy (non-hydrogen) atoms. The van der Waals surface area contributed by atoms with E-state index >= 15 is 0 Å². The first kappa shape index (κ1) is 17.1. The summed E-state index contributed by atoms with van der Waals surface area (Å²) in [5.74, 6) is 0.582. The van der Waals surface area contributed by atoms with Gasteiger partial charge in [-0.05, 0) is 25.0 Å². The number of carbonyl (C=O) groups excluding carboxylic acids is 1. The first-order valence-corrected chi connectivity index (χ1v) is 7.30. The summed E-state index contributed by atoms with van der Waals surface area (Å²) >= 11 is 0. The minimum absolute atomic E-state index is 0.124. The van der Waals surface area contributed by atoms with Crippen LogP contribution in [0.4, 0.5) is 11.4 Å². The zero-order chi connectivity index (χ0) is 15.7. The van der Waals surface area contributed by atoms with Crippen LogP contribution in [-0.4, -0.2) is 33.8 Å². The molecule has 5 nitrogen and oxygen atoms in total. The van der Waals surface area contributed by atoms with Gasteiger partial charge < -0.3 is 20.1 Å². The van der Waals surface area contributed by atoms with E-state index in [1.54, 1.807) is 7.11 Å². The molecular weight excluding hydrogens is 268 g/mol. The van der Waals surface area contributed by atoms with Crippen molar-refractivity contribution >= 4 is 17.3 Å². The predicted molar refractivity (Wildman–Crippen MR) is 85.8 cm³/mol. The molecule has 5 heteroatoms. The van der Waals surface area contributed by atoms with Crippen LogP contribution in [0.1, 0.15) is 32.1 Å². The van der Waals surface area contributed by atoms with E-state index in [9.17, 15) is 4.79 Å². The van der Waals surface area contributed by atoms with Crippen molar-refractivity contribution in [1.82, 2.24) is 0 Å². The largest absolute Gasteiger partial charge is 0.495 e. The maximum atomic E-state index is 11.0. The molecule has 0 unspecified atom stereocenters. The third-order valence-corrected chi connectivity index (χ3v) is 3.51. The molecule has 0 amide bonds. The van der Waals surface area contributed by atoms with E-state index in [2.05, 4.69) is 16.7 Å². The van der Waals surface area contributed by atoms with E-state index in [4.69, 9.17) is 10.5 Å². The summed E-state index contributed by atoms with van der Waals surface area (Å²) in [6.07, 6.45) is 4.65. The zero-order valence-corrected chi connectivity index (χ0v) is 13.2. The number of hydrogen-bond acceptors (Lipinski definition) is 5. The van der Waals surface area contributed by atoms with Crippen molar-refractivity contribution in [2.24, 2.45) is 0 Å². The highest BCUT2D eigenvalue weighted by atomic mass is 16.5. The first-order chi connectivity index (χ1) is 10.1. The van der Waals surface area contributed by atoms with Crippen molar-refractivity contribution in [3.8, 4) is 5.75 Å². The maximum absolute atomic E-state index is 11.0. The Morgan fingerprint density at radius 3 is 2.57 bits per heavy atom. The van der Waals surface area contributed by atoms with Crippen LogP contribution in [0, 0.1) is 0 Å². The summed E-state index contributed by atoms with van der Waals surface area (Å²) < 4.78 is 9.85. The Balaban J connectivity index is 2.27. The number of anilines is 2. The molecule has 1 rings (SSSR count). The summed E-state index contributed by atoms with van der Waals surface area (Å²) in [6, 6.07) is 5.81. The van der Waals surface area contributed by atoms with Crippen LogP contribution in [0.3, 0.4) is 0 Å². The molecule has 0 aliphatic rings. The Morgan fingerprint density at radius 1 is 1.19 bits per heavy atom. The molecule has 0 saturated carbocycles. The van der Waals surface area contributed by atoms with Gasteiger partial charge in [-0.1, -0.05) is 12.8 Å². The topological polar surface area (TPSA) is 64.8 Å². The van der Waals surface area contributed by atoms with Gasteiger partial charge in [0.1, 0.15) is 5.75 Å². The third-order valence-electron chi connectivity index (χ3n) is 3.51. The minimum Gasteiger partial charge on any atom is -0.495 e. The van der Waals surface area contributed by atoms with E-state index in [-0.39, 0.29) is 5.97 Å². The number of carbonyl (C=O) groups is 1. The lowest BCUT2D eigenvalue weighted by atomic mass is 10.1. The number of ether oxygens (including phenoxy) is 2. The van der Waals surface area contributed by atoms with Gasteiger partial charge in [-0.15, -0.1) is 0 Å². The molecule has 1 aromatic rings. The summed E-state index contributed by atoms with van der Waals surface area (Å²) in [5.41, 5.74) is 7.55. The Bertz CT molecular complexity index is 449. The molecule has 0 fully saturated rings. The molecule has 0 radical (unpaired) electrons. The number of nitrogens with two attached hydrogens (primary N) is 1. The highest BCUT2D eigenvalue weighted by Crippen LogP contribution is 2.26. The fraction of sp³-hybridized carbons (Fsp3) is 0.562. The fourth-order valence-corrected chi connectivity index (χ4v) is 2.14. The SMILES string of the molecule is COC(=O)CCCCCCN(C)c1ccc(N)c(OC)c1. The van der Waals surface area contributed by atoms with Gasteiger partial charge >= 0.3 is 5.97 Å². The van der Waals surface area contributed by atoms with Gasteiger partial charge in [0.15, 0.2) is 0 Å². The van der Waals surface area contributed by atoms with E-state index in [1.165, 1.54) is 7.11 Å². The van der Waals surface area contributed by atoms with Crippen LogP contribution in [0.2, 0.25) is 0 Å². The number of methoxy groups -OCH3 is 2.